The van der Waals surface area contributed by atoms with E-state index in [1.165, 1.54) is 38.5 Å². The van der Waals surface area contributed by atoms with Crippen LogP contribution in [-0.2, 0) is 35.3 Å². The summed E-state index contributed by atoms with van der Waals surface area (Å²) in [4.78, 5) is 24.8. The molecule has 0 aromatic carbocycles. The summed E-state index contributed by atoms with van der Waals surface area (Å²) in [5.74, 6) is 0. The van der Waals surface area contributed by atoms with Gasteiger partial charge in [-0.3, -0.25) is 15.0 Å². The molecule has 9 nitrogen and oxygen atoms in total. The minimum Gasteiger partial charge on any atom is -0.375 e. The van der Waals surface area contributed by atoms with Gasteiger partial charge in [0.05, 0.1) is 28.9 Å². The maximum atomic E-state index is 11.2. The maximum absolute atomic E-state index is 11.2. The Morgan fingerprint density at radius 1 is 0.509 bits per heavy atom. The first-order valence-electron chi connectivity index (χ1n) is 21.7. The summed E-state index contributed by atoms with van der Waals surface area (Å²) in [5, 5.41) is 18.5. The minimum absolute atomic E-state index is 0.0127. The molecule has 302 valence electrons. The predicted octanol–water partition coefficient (Wildman–Crippen LogP) is 9.74. The van der Waals surface area contributed by atoms with E-state index in [0.29, 0.717) is 19.3 Å². The van der Waals surface area contributed by atoms with Gasteiger partial charge < -0.3 is 19.0 Å². The molecule has 9 heteroatoms. The summed E-state index contributed by atoms with van der Waals surface area (Å²) in [6.45, 7) is 2.28. The van der Waals surface area contributed by atoms with Crippen molar-refractivity contribution in [2.45, 2.75) is 168 Å². The molecule has 3 aromatic rings. The summed E-state index contributed by atoms with van der Waals surface area (Å²) in [5.41, 5.74) is 2.97. The Bertz CT molecular complexity index is 1720. The van der Waals surface area contributed by atoms with Gasteiger partial charge in [-0.2, -0.15) is 10.5 Å². The number of carbonyl (C=O) groups is 1. The molecule has 6 heterocycles. The number of nitrogens with zero attached hydrogens (tertiary/aromatic N) is 5. The number of hydrogen-bond acceptors (Lipinski definition) is 9. The molecule has 3 atom stereocenters. The van der Waals surface area contributed by atoms with E-state index in [0.717, 1.165) is 120 Å². The lowest BCUT2D eigenvalue weighted by atomic mass is 9.68. The molecule has 0 N–H and O–H groups in total. The van der Waals surface area contributed by atoms with Gasteiger partial charge in [-0.15, -0.1) is 0 Å². The zero-order valence-corrected chi connectivity index (χ0v) is 33.8. The van der Waals surface area contributed by atoms with E-state index in [4.69, 9.17) is 14.2 Å². The van der Waals surface area contributed by atoms with Crippen molar-refractivity contribution in [3.05, 3.63) is 90.3 Å². The fourth-order valence-electron chi connectivity index (χ4n) is 11.6. The second-order valence-corrected chi connectivity index (χ2v) is 18.0. The van der Waals surface area contributed by atoms with Gasteiger partial charge in [-0.25, -0.2) is 0 Å². The van der Waals surface area contributed by atoms with Crippen LogP contribution in [0.2, 0.25) is 0 Å². The van der Waals surface area contributed by atoms with Crippen molar-refractivity contribution in [2.24, 2.45) is 0 Å². The summed E-state index contributed by atoms with van der Waals surface area (Å²) in [6.07, 6.45) is 28.2. The van der Waals surface area contributed by atoms with Gasteiger partial charge in [0.25, 0.3) is 0 Å². The van der Waals surface area contributed by atoms with Crippen LogP contribution in [0.4, 0.5) is 0 Å². The van der Waals surface area contributed by atoms with Crippen molar-refractivity contribution >= 4 is 6.29 Å². The molecule has 9 rings (SSSR count). The third kappa shape index (κ3) is 9.17. The van der Waals surface area contributed by atoms with Gasteiger partial charge in [0.15, 0.2) is 0 Å². The molecule has 6 fully saturated rings. The van der Waals surface area contributed by atoms with Crippen LogP contribution in [0.15, 0.2) is 73.2 Å². The van der Waals surface area contributed by atoms with Crippen molar-refractivity contribution in [1.82, 2.24) is 15.0 Å². The smallest absolute Gasteiger partial charge is 0.120 e. The van der Waals surface area contributed by atoms with E-state index in [2.05, 4.69) is 45.3 Å². The SMILES string of the molecule is N#CCC1(c2ccccn2)CCOC2(CCCC2)C1.N#CC[C@@]1(c2ccccn2)CCOC2(CCCC2)C1.O=CC[C@@]1(c2ccccn2)CCOC2(CCCC2)C1. The molecular formula is C48H61N5O4. The van der Waals surface area contributed by atoms with E-state index in [9.17, 15) is 15.3 Å². The summed E-state index contributed by atoms with van der Waals surface area (Å²) in [6, 6.07) is 22.9. The minimum atomic E-state index is -0.106. The Kier molecular flexibility index (Phi) is 13.2. The molecule has 3 saturated carbocycles. The van der Waals surface area contributed by atoms with Gasteiger partial charge in [-0.05, 0) is 113 Å². The normalized spacial score (nSPS) is 29.3. The topological polar surface area (TPSA) is 131 Å². The van der Waals surface area contributed by atoms with Crippen molar-refractivity contribution in [3.8, 4) is 12.1 Å². The van der Waals surface area contributed by atoms with Gasteiger partial charge in [0.1, 0.15) is 6.29 Å². The molecule has 0 amide bonds. The Hall–Kier alpha value is -4.02. The predicted molar refractivity (Wildman–Crippen MR) is 218 cm³/mol. The van der Waals surface area contributed by atoms with Crippen molar-refractivity contribution in [3.63, 3.8) is 0 Å². The van der Waals surface area contributed by atoms with E-state index in [-0.39, 0.29) is 33.0 Å². The third-order valence-electron chi connectivity index (χ3n) is 14.4. The highest BCUT2D eigenvalue weighted by Gasteiger charge is 2.51. The number of rotatable bonds is 7. The second-order valence-electron chi connectivity index (χ2n) is 18.0. The molecular weight excluding hydrogens is 711 g/mol. The highest BCUT2D eigenvalue weighted by molar-refractivity contribution is 5.53. The van der Waals surface area contributed by atoms with E-state index < -0.39 is 0 Å². The van der Waals surface area contributed by atoms with Crippen molar-refractivity contribution in [1.29, 1.82) is 10.5 Å². The molecule has 6 aliphatic rings. The van der Waals surface area contributed by atoms with Crippen LogP contribution in [0.25, 0.3) is 0 Å². The number of carbonyl (C=O) groups excluding carboxylic acids is 1. The summed E-state index contributed by atoms with van der Waals surface area (Å²) < 4.78 is 18.3. The standard InChI is InChI=1S/2C16H20N2O.C16H21NO2/c2*17-10-8-15(14-5-1-4-11-18-14)9-12-19-16(13-15)6-2-3-7-16;18-11-8-15(14-5-1-4-10-17-14)9-12-19-16(13-15)6-2-3-7-16/h2*1,4-5,11H,2-3,6-9,12-13H2;1,4-5,10-11H,2-3,6-9,12-13H2/t15-;;15-/m1.1/s1. The van der Waals surface area contributed by atoms with Crippen LogP contribution in [-0.4, -0.2) is 57.9 Å². The lowest BCUT2D eigenvalue weighted by molar-refractivity contribution is -0.118. The highest BCUT2D eigenvalue weighted by Crippen LogP contribution is 2.52. The Balaban J connectivity index is 0.000000131. The molecule has 3 aromatic heterocycles. The second kappa shape index (κ2) is 18.3. The number of pyridine rings is 3. The lowest BCUT2D eigenvalue weighted by Gasteiger charge is -2.45. The van der Waals surface area contributed by atoms with Crippen LogP contribution >= 0.6 is 0 Å². The number of aromatic nitrogens is 3. The molecule has 3 aliphatic carbocycles. The highest BCUT2D eigenvalue weighted by atomic mass is 16.5. The number of aldehydes is 1. The van der Waals surface area contributed by atoms with Crippen molar-refractivity contribution < 1.29 is 19.0 Å². The Labute approximate surface area is 340 Å². The third-order valence-corrected chi connectivity index (χ3v) is 14.4. The first-order valence-corrected chi connectivity index (χ1v) is 21.7. The van der Waals surface area contributed by atoms with Crippen LogP contribution < -0.4 is 0 Å². The van der Waals surface area contributed by atoms with E-state index in [1.807, 2.05) is 55.0 Å². The molecule has 3 spiro atoms. The number of nitriles is 2. The zero-order chi connectivity index (χ0) is 39.6. The fourth-order valence-corrected chi connectivity index (χ4v) is 11.6. The number of hydrogen-bond donors (Lipinski definition) is 0. The summed E-state index contributed by atoms with van der Waals surface area (Å²) in [7, 11) is 0. The van der Waals surface area contributed by atoms with Gasteiger partial charge in [-0.1, -0.05) is 56.7 Å². The first kappa shape index (κ1) is 41.2. The van der Waals surface area contributed by atoms with Crippen LogP contribution in [0.1, 0.15) is 152 Å². The average Bonchev–Trinajstić information content (AvgIpc) is 4.02. The average molecular weight is 772 g/mol. The molecule has 0 bridgehead atoms. The largest absolute Gasteiger partial charge is 0.375 e. The lowest BCUT2D eigenvalue weighted by Crippen LogP contribution is -2.46. The van der Waals surface area contributed by atoms with Gasteiger partial charge >= 0.3 is 0 Å². The van der Waals surface area contributed by atoms with E-state index in [1.54, 1.807) is 0 Å². The Morgan fingerprint density at radius 3 is 1.16 bits per heavy atom. The van der Waals surface area contributed by atoms with Crippen LogP contribution in [0.5, 0.6) is 0 Å². The van der Waals surface area contributed by atoms with Crippen molar-refractivity contribution in [2.75, 3.05) is 19.8 Å². The van der Waals surface area contributed by atoms with Gasteiger partial charge in [0, 0.05) is 91.0 Å². The quantitative estimate of drug-likeness (QED) is 0.216. The van der Waals surface area contributed by atoms with E-state index >= 15 is 0 Å². The molecule has 0 radical (unpaired) electrons. The van der Waals surface area contributed by atoms with Crippen LogP contribution in [0, 0.1) is 22.7 Å². The monoisotopic (exact) mass is 771 g/mol. The fraction of sp³-hybridized carbons (Fsp3) is 0.625. The zero-order valence-electron chi connectivity index (χ0n) is 33.8. The number of ether oxygens (including phenoxy) is 3. The van der Waals surface area contributed by atoms with Gasteiger partial charge in [0.2, 0.25) is 0 Å². The maximum Gasteiger partial charge on any atom is 0.120 e. The molecule has 57 heavy (non-hydrogen) atoms. The first-order chi connectivity index (χ1) is 27.9. The molecule has 3 saturated heterocycles. The van der Waals surface area contributed by atoms with Crippen LogP contribution in [0.3, 0.4) is 0 Å². The molecule has 1 unspecified atom stereocenters. The summed E-state index contributed by atoms with van der Waals surface area (Å²) >= 11 is 0. The Morgan fingerprint density at radius 2 is 0.842 bits per heavy atom. The molecule has 3 aliphatic heterocycles.